The van der Waals surface area contributed by atoms with Gasteiger partial charge in [0.15, 0.2) is 0 Å². The quantitative estimate of drug-likeness (QED) is 0.942. The van der Waals surface area contributed by atoms with E-state index in [1.807, 2.05) is 11.4 Å². The van der Waals surface area contributed by atoms with Crippen LogP contribution in [-0.4, -0.2) is 24.9 Å². The van der Waals surface area contributed by atoms with E-state index in [0.717, 1.165) is 0 Å². The summed E-state index contributed by atoms with van der Waals surface area (Å²) in [7, 11) is 0. The lowest BCUT2D eigenvalue weighted by molar-refractivity contribution is -0.117. The Balaban J connectivity index is 1.58. The number of benzene rings is 1. The second-order valence-electron chi connectivity index (χ2n) is 5.24. The summed E-state index contributed by atoms with van der Waals surface area (Å²) in [5, 5.41) is 4.71. The normalized spacial score (nSPS) is 17.8. The summed E-state index contributed by atoms with van der Waals surface area (Å²) in [6, 6.07) is 9.47. The van der Waals surface area contributed by atoms with Crippen molar-refractivity contribution in [1.82, 2.24) is 5.32 Å². The van der Waals surface area contributed by atoms with E-state index in [-0.39, 0.29) is 23.5 Å². The first kappa shape index (κ1) is 14.7. The van der Waals surface area contributed by atoms with Crippen LogP contribution in [-0.2, 0) is 4.79 Å². The maximum atomic E-state index is 12.9. The largest absolute Gasteiger partial charge is 0.351 e. The highest BCUT2D eigenvalue weighted by molar-refractivity contribution is 7.12. The third kappa shape index (κ3) is 3.17. The van der Waals surface area contributed by atoms with Gasteiger partial charge in [-0.1, -0.05) is 6.07 Å². The van der Waals surface area contributed by atoms with E-state index in [9.17, 15) is 14.0 Å². The van der Waals surface area contributed by atoms with Crippen LogP contribution in [0.4, 0.5) is 10.1 Å². The molecule has 114 valence electrons. The van der Waals surface area contributed by atoms with Gasteiger partial charge in [0.25, 0.3) is 5.91 Å². The number of rotatable bonds is 4. The van der Waals surface area contributed by atoms with Crippen molar-refractivity contribution in [3.05, 3.63) is 52.5 Å². The summed E-state index contributed by atoms with van der Waals surface area (Å²) >= 11 is 1.39. The molecule has 2 amide bonds. The molecule has 0 spiro atoms. The first-order chi connectivity index (χ1) is 10.6. The van der Waals surface area contributed by atoms with Gasteiger partial charge in [-0.3, -0.25) is 9.59 Å². The Morgan fingerprint density at radius 2 is 2.09 bits per heavy atom. The fourth-order valence-corrected chi connectivity index (χ4v) is 3.16. The Bertz CT molecular complexity index is 670. The molecule has 4 nitrogen and oxygen atoms in total. The fourth-order valence-electron chi connectivity index (χ4n) is 2.52. The van der Waals surface area contributed by atoms with Crippen molar-refractivity contribution < 1.29 is 14.0 Å². The summed E-state index contributed by atoms with van der Waals surface area (Å²) < 4.78 is 12.9. The number of carbonyl (C=O) groups is 2. The van der Waals surface area contributed by atoms with Gasteiger partial charge in [-0.15, -0.1) is 11.3 Å². The lowest BCUT2D eigenvalue weighted by Gasteiger charge is -2.16. The molecule has 0 saturated carbocycles. The summed E-state index contributed by atoms with van der Waals surface area (Å²) in [6.07, 6.45) is 0.391. The van der Waals surface area contributed by atoms with E-state index < -0.39 is 0 Å². The SMILES string of the molecule is O=C(NCC1CC(=O)N(c2ccc(F)cc2)C1)c1cccs1. The molecule has 6 heteroatoms. The van der Waals surface area contributed by atoms with E-state index >= 15 is 0 Å². The zero-order valence-electron chi connectivity index (χ0n) is 11.8. The Morgan fingerprint density at radius 1 is 1.32 bits per heavy atom. The topological polar surface area (TPSA) is 49.4 Å². The number of halogens is 1. The van der Waals surface area contributed by atoms with E-state index in [2.05, 4.69) is 5.32 Å². The molecule has 0 bridgehead atoms. The molecule has 3 rings (SSSR count). The summed E-state index contributed by atoms with van der Waals surface area (Å²) in [5.41, 5.74) is 0.693. The molecule has 1 fully saturated rings. The minimum absolute atomic E-state index is 0.00183. The number of hydrogen-bond donors (Lipinski definition) is 1. The molecule has 22 heavy (non-hydrogen) atoms. The second-order valence-corrected chi connectivity index (χ2v) is 6.19. The van der Waals surface area contributed by atoms with E-state index in [0.29, 0.717) is 30.1 Å². The minimum atomic E-state index is -0.324. The van der Waals surface area contributed by atoms with Crippen LogP contribution >= 0.6 is 11.3 Å². The molecular formula is C16H15FN2O2S. The first-order valence-corrected chi connectivity index (χ1v) is 7.89. The molecule has 1 aromatic carbocycles. The molecule has 2 heterocycles. The third-order valence-electron chi connectivity index (χ3n) is 3.64. The Morgan fingerprint density at radius 3 is 2.77 bits per heavy atom. The van der Waals surface area contributed by atoms with Gasteiger partial charge < -0.3 is 10.2 Å². The van der Waals surface area contributed by atoms with E-state index in [1.165, 1.54) is 23.5 Å². The van der Waals surface area contributed by atoms with E-state index in [1.54, 1.807) is 23.1 Å². The molecular weight excluding hydrogens is 303 g/mol. The monoisotopic (exact) mass is 318 g/mol. The molecule has 1 saturated heterocycles. The third-order valence-corrected chi connectivity index (χ3v) is 4.51. The van der Waals surface area contributed by atoms with Crippen molar-refractivity contribution in [2.75, 3.05) is 18.0 Å². The summed E-state index contributed by atoms with van der Waals surface area (Å²) in [4.78, 5) is 26.3. The van der Waals surface area contributed by atoms with Gasteiger partial charge in [-0.25, -0.2) is 4.39 Å². The molecule has 1 unspecified atom stereocenters. The maximum Gasteiger partial charge on any atom is 0.261 e. The van der Waals surface area contributed by atoms with Crippen molar-refractivity contribution >= 4 is 28.8 Å². The number of carbonyl (C=O) groups excluding carboxylic acids is 2. The highest BCUT2D eigenvalue weighted by Crippen LogP contribution is 2.25. The highest BCUT2D eigenvalue weighted by Gasteiger charge is 2.30. The first-order valence-electron chi connectivity index (χ1n) is 7.01. The Hall–Kier alpha value is -2.21. The average Bonchev–Trinajstić information content (AvgIpc) is 3.15. The minimum Gasteiger partial charge on any atom is -0.351 e. The van der Waals surface area contributed by atoms with Gasteiger partial charge in [0.2, 0.25) is 5.91 Å². The molecule has 1 aromatic heterocycles. The number of anilines is 1. The van der Waals surface area contributed by atoms with Crippen molar-refractivity contribution in [3.8, 4) is 0 Å². The number of hydrogen-bond acceptors (Lipinski definition) is 3. The predicted molar refractivity (Wildman–Crippen MR) is 83.5 cm³/mol. The summed E-state index contributed by atoms with van der Waals surface area (Å²) in [6.45, 7) is 0.995. The van der Waals surface area contributed by atoms with Gasteiger partial charge in [-0.05, 0) is 35.7 Å². The van der Waals surface area contributed by atoms with Crippen molar-refractivity contribution in [3.63, 3.8) is 0 Å². The molecule has 0 radical (unpaired) electrons. The van der Waals surface area contributed by atoms with Crippen LogP contribution in [0, 0.1) is 11.7 Å². The van der Waals surface area contributed by atoms with Crippen LogP contribution in [0.15, 0.2) is 41.8 Å². The number of amides is 2. The van der Waals surface area contributed by atoms with Crippen LogP contribution in [0.2, 0.25) is 0 Å². The number of nitrogens with zero attached hydrogens (tertiary/aromatic N) is 1. The fraction of sp³-hybridized carbons (Fsp3) is 0.250. The number of thiophene rings is 1. The average molecular weight is 318 g/mol. The van der Waals surface area contributed by atoms with Crippen molar-refractivity contribution in [2.45, 2.75) is 6.42 Å². The highest BCUT2D eigenvalue weighted by atomic mass is 32.1. The van der Waals surface area contributed by atoms with Crippen LogP contribution < -0.4 is 10.2 Å². The van der Waals surface area contributed by atoms with Crippen LogP contribution in [0.25, 0.3) is 0 Å². The van der Waals surface area contributed by atoms with E-state index in [4.69, 9.17) is 0 Å². The smallest absolute Gasteiger partial charge is 0.261 e. The van der Waals surface area contributed by atoms with Gasteiger partial charge >= 0.3 is 0 Å². The van der Waals surface area contributed by atoms with Crippen molar-refractivity contribution in [2.24, 2.45) is 5.92 Å². The van der Waals surface area contributed by atoms with Gasteiger partial charge in [-0.2, -0.15) is 0 Å². The molecule has 2 aromatic rings. The lowest BCUT2D eigenvalue weighted by atomic mass is 10.1. The zero-order chi connectivity index (χ0) is 15.5. The van der Waals surface area contributed by atoms with Gasteiger partial charge in [0, 0.05) is 31.1 Å². The van der Waals surface area contributed by atoms with Crippen LogP contribution in [0.1, 0.15) is 16.1 Å². The predicted octanol–water partition coefficient (Wildman–Crippen LogP) is 2.67. The van der Waals surface area contributed by atoms with Crippen LogP contribution in [0.3, 0.4) is 0 Å². The zero-order valence-corrected chi connectivity index (χ0v) is 12.6. The molecule has 0 aliphatic carbocycles. The number of nitrogens with one attached hydrogen (secondary N) is 1. The molecule has 1 aliphatic heterocycles. The Kier molecular flexibility index (Phi) is 4.20. The summed E-state index contributed by atoms with van der Waals surface area (Å²) in [5.74, 6) is -0.360. The standard InChI is InChI=1S/C16H15FN2O2S/c17-12-3-5-13(6-4-12)19-10-11(8-15(19)20)9-18-16(21)14-2-1-7-22-14/h1-7,11H,8-10H2,(H,18,21). The van der Waals surface area contributed by atoms with Gasteiger partial charge in [0.05, 0.1) is 4.88 Å². The molecule has 1 atom stereocenters. The van der Waals surface area contributed by atoms with Gasteiger partial charge in [0.1, 0.15) is 5.82 Å². The van der Waals surface area contributed by atoms with Crippen molar-refractivity contribution in [1.29, 1.82) is 0 Å². The molecule has 1 N–H and O–H groups in total. The lowest BCUT2D eigenvalue weighted by Crippen LogP contribution is -2.30. The van der Waals surface area contributed by atoms with Crippen LogP contribution in [0.5, 0.6) is 0 Å². The maximum absolute atomic E-state index is 12.9. The second kappa shape index (κ2) is 6.27. The Labute approximate surface area is 131 Å². The molecule has 1 aliphatic rings.